The van der Waals surface area contributed by atoms with E-state index in [0.717, 1.165) is 6.26 Å². The van der Waals surface area contributed by atoms with E-state index in [1.54, 1.807) is 6.92 Å². The lowest BCUT2D eigenvalue weighted by Gasteiger charge is -2.01. The van der Waals surface area contributed by atoms with Crippen LogP contribution in [0.3, 0.4) is 0 Å². The van der Waals surface area contributed by atoms with Crippen molar-refractivity contribution in [2.45, 2.75) is 12.7 Å². The van der Waals surface area contributed by atoms with Gasteiger partial charge in [0.05, 0.1) is 5.69 Å². The number of hydrogen-bond acceptors (Lipinski definition) is 4. The first-order valence-electron chi connectivity index (χ1n) is 3.72. The summed E-state index contributed by atoms with van der Waals surface area (Å²) in [7, 11) is -3.17. The van der Waals surface area contributed by atoms with E-state index in [-0.39, 0.29) is 17.1 Å². The van der Waals surface area contributed by atoms with Crippen LogP contribution in [0.4, 0.5) is 0 Å². The molecule has 1 aromatic rings. The van der Waals surface area contributed by atoms with Crippen LogP contribution in [0.25, 0.3) is 0 Å². The maximum Gasteiger partial charge on any atom is 0.265 e. The van der Waals surface area contributed by atoms with Crippen LogP contribution < -0.4 is 5.56 Å². The molecule has 0 aliphatic carbocycles. The molecule has 1 N–H and O–H groups in total. The van der Waals surface area contributed by atoms with Gasteiger partial charge in [-0.1, -0.05) is 0 Å². The molecule has 0 atom stereocenters. The molecule has 1 heterocycles. The third-order valence-corrected chi connectivity index (χ3v) is 3.21. The molecule has 78 valence electrons. The molecule has 0 aromatic carbocycles. The minimum Gasteiger partial charge on any atom is -0.309 e. The van der Waals surface area contributed by atoms with Crippen LogP contribution in [0.1, 0.15) is 11.5 Å². The van der Waals surface area contributed by atoms with E-state index in [9.17, 15) is 13.2 Å². The van der Waals surface area contributed by atoms with Crippen molar-refractivity contribution in [1.29, 1.82) is 0 Å². The second kappa shape index (κ2) is 3.82. The highest BCUT2D eigenvalue weighted by Gasteiger charge is 2.09. The van der Waals surface area contributed by atoms with Gasteiger partial charge in [0.2, 0.25) is 0 Å². The third kappa shape index (κ3) is 2.91. The average Bonchev–Trinajstić information content (AvgIpc) is 1.96. The summed E-state index contributed by atoms with van der Waals surface area (Å²) in [6.45, 7) is 1.63. The van der Waals surface area contributed by atoms with Crippen molar-refractivity contribution >= 4 is 25.8 Å². The maximum absolute atomic E-state index is 11.2. The number of rotatable bonds is 2. The number of aromatic nitrogens is 2. The molecule has 1 rings (SSSR count). The van der Waals surface area contributed by atoms with Crippen molar-refractivity contribution in [2.75, 3.05) is 6.26 Å². The second-order valence-electron chi connectivity index (χ2n) is 2.98. The number of sulfone groups is 1. The van der Waals surface area contributed by atoms with Crippen molar-refractivity contribution in [2.24, 2.45) is 0 Å². The molecule has 7 heteroatoms. The van der Waals surface area contributed by atoms with Crippen LogP contribution in [0.5, 0.6) is 0 Å². The van der Waals surface area contributed by atoms with Gasteiger partial charge in [0.25, 0.3) is 5.56 Å². The topological polar surface area (TPSA) is 79.9 Å². The predicted octanol–water partition coefficient (Wildman–Crippen LogP) is 0.385. The van der Waals surface area contributed by atoms with Crippen molar-refractivity contribution in [1.82, 2.24) is 9.97 Å². The van der Waals surface area contributed by atoms with Gasteiger partial charge in [-0.05, 0) is 22.9 Å². The summed E-state index contributed by atoms with van der Waals surface area (Å²) in [5.74, 6) is -0.0886. The Morgan fingerprint density at radius 1 is 1.50 bits per heavy atom. The zero-order valence-electron chi connectivity index (χ0n) is 7.67. The fourth-order valence-corrected chi connectivity index (χ4v) is 1.77. The van der Waals surface area contributed by atoms with E-state index in [0.29, 0.717) is 10.2 Å². The molecule has 14 heavy (non-hydrogen) atoms. The molecule has 0 aliphatic heterocycles. The smallest absolute Gasteiger partial charge is 0.265 e. The normalized spacial score (nSPS) is 11.6. The largest absolute Gasteiger partial charge is 0.309 e. The van der Waals surface area contributed by atoms with Crippen LogP contribution in [0.15, 0.2) is 9.27 Å². The van der Waals surface area contributed by atoms with Crippen molar-refractivity contribution in [3.63, 3.8) is 0 Å². The summed E-state index contributed by atoms with van der Waals surface area (Å²) in [4.78, 5) is 17.5. The van der Waals surface area contributed by atoms with Crippen LogP contribution >= 0.6 is 15.9 Å². The molecule has 0 bridgehead atoms. The number of nitrogens with zero attached hydrogens (tertiary/aromatic N) is 1. The number of H-pyrrole nitrogens is 1. The first kappa shape index (κ1) is 11.4. The molecular formula is C7H9BrN2O3S. The van der Waals surface area contributed by atoms with E-state index in [1.807, 2.05) is 0 Å². The fourth-order valence-electron chi connectivity index (χ4n) is 0.946. The number of aryl methyl sites for hydroxylation is 1. The summed E-state index contributed by atoms with van der Waals surface area (Å²) < 4.78 is 22.2. The molecule has 0 saturated carbocycles. The van der Waals surface area contributed by atoms with Gasteiger partial charge < -0.3 is 4.98 Å². The van der Waals surface area contributed by atoms with Crippen molar-refractivity contribution < 1.29 is 8.42 Å². The lowest BCUT2D eigenvalue weighted by atomic mass is 10.4. The van der Waals surface area contributed by atoms with Crippen LogP contribution in [0.2, 0.25) is 0 Å². The van der Waals surface area contributed by atoms with E-state index in [4.69, 9.17) is 0 Å². The number of aromatic amines is 1. The van der Waals surface area contributed by atoms with Crippen molar-refractivity contribution in [3.05, 3.63) is 26.3 Å². The molecule has 0 unspecified atom stereocenters. The highest BCUT2D eigenvalue weighted by molar-refractivity contribution is 9.10. The van der Waals surface area contributed by atoms with Gasteiger partial charge in [0.15, 0.2) is 9.84 Å². The molecule has 0 fully saturated rings. The molecule has 0 spiro atoms. The SMILES string of the molecule is Cc1nc(CS(C)(=O)=O)[nH]c(=O)c1Br. The van der Waals surface area contributed by atoms with Gasteiger partial charge in [-0.3, -0.25) is 4.79 Å². The van der Waals surface area contributed by atoms with Crippen molar-refractivity contribution in [3.8, 4) is 0 Å². The van der Waals surface area contributed by atoms with Crippen LogP contribution in [0, 0.1) is 6.92 Å². The Hall–Kier alpha value is -0.690. The van der Waals surface area contributed by atoms with E-state index in [1.165, 1.54) is 0 Å². The van der Waals surface area contributed by atoms with E-state index >= 15 is 0 Å². The molecule has 0 saturated heterocycles. The van der Waals surface area contributed by atoms with E-state index in [2.05, 4.69) is 25.9 Å². The molecule has 5 nitrogen and oxygen atoms in total. The van der Waals surface area contributed by atoms with Gasteiger partial charge in [-0.2, -0.15) is 0 Å². The summed E-state index contributed by atoms with van der Waals surface area (Å²) >= 11 is 3.04. The summed E-state index contributed by atoms with van der Waals surface area (Å²) in [5, 5.41) is 0. The minimum atomic E-state index is -3.17. The minimum absolute atomic E-state index is 0.165. The van der Waals surface area contributed by atoms with Gasteiger partial charge in [-0.15, -0.1) is 0 Å². The van der Waals surface area contributed by atoms with Gasteiger partial charge in [-0.25, -0.2) is 13.4 Å². The Morgan fingerprint density at radius 3 is 2.50 bits per heavy atom. The van der Waals surface area contributed by atoms with Gasteiger partial charge in [0, 0.05) is 6.26 Å². The zero-order valence-corrected chi connectivity index (χ0v) is 10.1. The maximum atomic E-state index is 11.2. The standard InChI is InChI=1S/C7H9BrN2O3S/c1-4-6(8)7(11)10-5(9-4)3-14(2,12)13/h3H2,1-2H3,(H,9,10,11). The zero-order chi connectivity index (χ0) is 10.9. The summed E-state index contributed by atoms with van der Waals surface area (Å²) in [6, 6.07) is 0. The average molecular weight is 281 g/mol. The second-order valence-corrected chi connectivity index (χ2v) is 5.92. The summed E-state index contributed by atoms with van der Waals surface area (Å²) in [6.07, 6.45) is 1.09. The van der Waals surface area contributed by atoms with Crippen LogP contribution in [-0.4, -0.2) is 24.6 Å². The van der Waals surface area contributed by atoms with Gasteiger partial charge >= 0.3 is 0 Å². The number of nitrogens with one attached hydrogen (secondary N) is 1. The highest BCUT2D eigenvalue weighted by atomic mass is 79.9. The Kier molecular flexibility index (Phi) is 3.10. The quantitative estimate of drug-likeness (QED) is 0.850. The Labute approximate surface area is 89.6 Å². The van der Waals surface area contributed by atoms with E-state index < -0.39 is 9.84 Å². The first-order chi connectivity index (χ1) is 6.29. The van der Waals surface area contributed by atoms with Gasteiger partial charge in [0.1, 0.15) is 16.0 Å². The Bertz CT molecular complexity index is 506. The number of hydrogen-bond donors (Lipinski definition) is 1. The van der Waals surface area contributed by atoms with Crippen LogP contribution in [-0.2, 0) is 15.6 Å². The predicted molar refractivity (Wildman–Crippen MR) is 55.8 cm³/mol. The first-order valence-corrected chi connectivity index (χ1v) is 6.58. The lowest BCUT2D eigenvalue weighted by Crippen LogP contribution is -2.16. The highest BCUT2D eigenvalue weighted by Crippen LogP contribution is 2.07. The third-order valence-electron chi connectivity index (χ3n) is 1.48. The monoisotopic (exact) mass is 280 g/mol. The Balaban J connectivity index is 3.21. The molecule has 0 aliphatic rings. The number of halogens is 1. The molecule has 0 amide bonds. The fraction of sp³-hybridized carbons (Fsp3) is 0.429. The summed E-state index contributed by atoms with van der Waals surface area (Å²) in [5.41, 5.74) is 0.114. The molecule has 1 aromatic heterocycles. The lowest BCUT2D eigenvalue weighted by molar-refractivity contribution is 0.599. The molecular weight excluding hydrogens is 272 g/mol. The molecule has 0 radical (unpaired) electrons. The Morgan fingerprint density at radius 2 is 2.07 bits per heavy atom.